The number of imidazole rings is 1. The van der Waals surface area contributed by atoms with E-state index in [2.05, 4.69) is 51.1 Å². The van der Waals surface area contributed by atoms with Crippen molar-refractivity contribution in [1.29, 1.82) is 0 Å². The molecule has 1 aromatic carbocycles. The van der Waals surface area contributed by atoms with Gasteiger partial charge in [0.25, 0.3) is 0 Å². The van der Waals surface area contributed by atoms with Crippen molar-refractivity contribution >= 4 is 40.4 Å². The highest BCUT2D eigenvalue weighted by Crippen LogP contribution is 2.35. The Balaban J connectivity index is 1.36. The molecule has 3 aromatic heterocycles. The van der Waals surface area contributed by atoms with Crippen molar-refractivity contribution in [1.82, 2.24) is 23.8 Å². The minimum Gasteiger partial charge on any atom is -0.372 e. The first kappa shape index (κ1) is 21.2. The van der Waals surface area contributed by atoms with Crippen LogP contribution >= 0.6 is 23.5 Å². The van der Waals surface area contributed by atoms with Crippen molar-refractivity contribution in [2.75, 3.05) is 37.8 Å². The van der Waals surface area contributed by atoms with Crippen LogP contribution in [0.4, 0.5) is 5.69 Å². The van der Waals surface area contributed by atoms with Gasteiger partial charge in [0.05, 0.1) is 16.2 Å². The standard InChI is InChI=1S/C24H25ClN6S/c1-29(14-15-30-13-10-17-6-3-4-7-18(17)16-30)19-9-12-26-22(21(19)25)24-28-23-20(31(24)32-2)8-5-11-27-23/h3-9,11-12H,10,13-16H2,1-2H3. The third-order valence-electron chi connectivity index (χ3n) is 6.02. The lowest BCUT2D eigenvalue weighted by molar-refractivity contribution is 0.260. The molecule has 0 radical (unpaired) electrons. The van der Waals surface area contributed by atoms with E-state index in [0.717, 1.165) is 49.6 Å². The van der Waals surface area contributed by atoms with Crippen LogP contribution in [0, 0.1) is 0 Å². The third kappa shape index (κ3) is 3.96. The van der Waals surface area contributed by atoms with E-state index >= 15 is 0 Å². The minimum atomic E-state index is 0.615. The Bertz CT molecular complexity index is 1260. The largest absolute Gasteiger partial charge is 0.372 e. The molecule has 5 rings (SSSR count). The summed E-state index contributed by atoms with van der Waals surface area (Å²) in [4.78, 5) is 18.4. The van der Waals surface area contributed by atoms with E-state index in [1.54, 1.807) is 18.1 Å². The molecule has 0 N–H and O–H groups in total. The highest BCUT2D eigenvalue weighted by Gasteiger charge is 2.21. The van der Waals surface area contributed by atoms with E-state index in [-0.39, 0.29) is 0 Å². The maximum Gasteiger partial charge on any atom is 0.179 e. The van der Waals surface area contributed by atoms with E-state index in [0.29, 0.717) is 16.4 Å². The lowest BCUT2D eigenvalue weighted by atomic mass is 10.00. The van der Waals surface area contributed by atoms with Crippen LogP contribution in [0.3, 0.4) is 0 Å². The molecule has 1 aliphatic rings. The summed E-state index contributed by atoms with van der Waals surface area (Å²) in [5.41, 5.74) is 6.20. The summed E-state index contributed by atoms with van der Waals surface area (Å²) in [5, 5.41) is 0.615. The molecule has 32 heavy (non-hydrogen) atoms. The second kappa shape index (κ2) is 9.10. The zero-order valence-electron chi connectivity index (χ0n) is 18.2. The molecule has 164 valence electrons. The number of rotatable bonds is 6. The number of halogens is 1. The molecular formula is C24H25ClN6S. The van der Waals surface area contributed by atoms with Crippen LogP contribution < -0.4 is 4.90 Å². The predicted molar refractivity (Wildman–Crippen MR) is 133 cm³/mol. The topological polar surface area (TPSA) is 50.1 Å². The number of likely N-dealkylation sites (N-methyl/N-ethyl adjacent to an activating group) is 1. The average Bonchev–Trinajstić information content (AvgIpc) is 3.21. The van der Waals surface area contributed by atoms with Gasteiger partial charge in [-0.25, -0.2) is 9.97 Å². The fourth-order valence-corrected chi connectivity index (χ4v) is 5.25. The Morgan fingerprint density at radius 3 is 2.75 bits per heavy atom. The lowest BCUT2D eigenvalue weighted by Crippen LogP contribution is -2.36. The molecule has 0 bridgehead atoms. The van der Waals surface area contributed by atoms with E-state index in [1.165, 1.54) is 11.1 Å². The van der Waals surface area contributed by atoms with Crippen LogP contribution in [-0.4, -0.2) is 56.8 Å². The van der Waals surface area contributed by atoms with E-state index < -0.39 is 0 Å². The summed E-state index contributed by atoms with van der Waals surface area (Å²) < 4.78 is 2.03. The van der Waals surface area contributed by atoms with Crippen LogP contribution in [-0.2, 0) is 13.0 Å². The number of anilines is 1. The molecular weight excluding hydrogens is 440 g/mol. The van der Waals surface area contributed by atoms with Crippen molar-refractivity contribution in [3.05, 3.63) is 71.0 Å². The number of hydrogen-bond donors (Lipinski definition) is 0. The zero-order valence-corrected chi connectivity index (χ0v) is 19.8. The first-order chi connectivity index (χ1) is 15.7. The summed E-state index contributed by atoms with van der Waals surface area (Å²) in [6.07, 6.45) is 6.68. The quantitative estimate of drug-likeness (QED) is 0.409. The van der Waals surface area contributed by atoms with Crippen LogP contribution in [0.15, 0.2) is 54.9 Å². The van der Waals surface area contributed by atoms with Crippen LogP contribution in [0.2, 0.25) is 5.02 Å². The molecule has 4 aromatic rings. The van der Waals surface area contributed by atoms with Crippen LogP contribution in [0.1, 0.15) is 11.1 Å². The molecule has 6 nitrogen and oxygen atoms in total. The number of benzene rings is 1. The summed E-state index contributed by atoms with van der Waals surface area (Å²) >= 11 is 8.45. The molecule has 0 fully saturated rings. The summed E-state index contributed by atoms with van der Waals surface area (Å²) in [7, 11) is 2.09. The molecule has 0 spiro atoms. The monoisotopic (exact) mass is 464 g/mol. The van der Waals surface area contributed by atoms with Crippen molar-refractivity contribution in [3.63, 3.8) is 0 Å². The maximum absolute atomic E-state index is 6.88. The number of fused-ring (bicyclic) bond motifs is 2. The van der Waals surface area contributed by atoms with Crippen molar-refractivity contribution in [3.8, 4) is 11.5 Å². The molecule has 0 saturated carbocycles. The second-order valence-electron chi connectivity index (χ2n) is 7.97. The van der Waals surface area contributed by atoms with Gasteiger partial charge in [0, 0.05) is 51.9 Å². The fraction of sp³-hybridized carbons (Fsp3) is 0.292. The Kier molecular flexibility index (Phi) is 6.04. The van der Waals surface area contributed by atoms with Gasteiger partial charge >= 0.3 is 0 Å². The Morgan fingerprint density at radius 2 is 1.91 bits per heavy atom. The SMILES string of the molecule is CSn1c(-c2nccc(N(C)CCN3CCc4ccccc4C3)c2Cl)nc2ncccc21. The molecule has 1 aliphatic heterocycles. The maximum atomic E-state index is 6.88. The molecule has 0 amide bonds. The number of pyridine rings is 2. The predicted octanol–water partition coefficient (Wildman–Crippen LogP) is 4.77. The fourth-order valence-electron chi connectivity index (χ4n) is 4.27. The van der Waals surface area contributed by atoms with Gasteiger partial charge in [-0.1, -0.05) is 35.9 Å². The lowest BCUT2D eigenvalue weighted by Gasteiger charge is -2.31. The third-order valence-corrected chi connectivity index (χ3v) is 7.13. The van der Waals surface area contributed by atoms with Crippen molar-refractivity contribution in [2.45, 2.75) is 13.0 Å². The van der Waals surface area contributed by atoms with Crippen LogP contribution in [0.5, 0.6) is 0 Å². The Labute approximate surface area is 197 Å². The van der Waals surface area contributed by atoms with Crippen LogP contribution in [0.25, 0.3) is 22.7 Å². The van der Waals surface area contributed by atoms with Gasteiger partial charge in [0.2, 0.25) is 0 Å². The minimum absolute atomic E-state index is 0.615. The van der Waals surface area contributed by atoms with E-state index in [9.17, 15) is 0 Å². The van der Waals surface area contributed by atoms with Crippen molar-refractivity contribution < 1.29 is 0 Å². The molecule has 0 unspecified atom stereocenters. The summed E-state index contributed by atoms with van der Waals surface area (Å²) in [5.74, 6) is 0.721. The summed E-state index contributed by atoms with van der Waals surface area (Å²) in [6, 6.07) is 14.6. The molecule has 8 heteroatoms. The van der Waals surface area contributed by atoms with Gasteiger partial charge in [-0.05, 0) is 47.7 Å². The molecule has 4 heterocycles. The average molecular weight is 465 g/mol. The van der Waals surface area contributed by atoms with Gasteiger partial charge < -0.3 is 4.90 Å². The highest BCUT2D eigenvalue weighted by atomic mass is 35.5. The normalized spacial score (nSPS) is 14.0. The first-order valence-electron chi connectivity index (χ1n) is 10.7. The van der Waals surface area contributed by atoms with Gasteiger partial charge in [-0.3, -0.25) is 13.9 Å². The van der Waals surface area contributed by atoms with Gasteiger partial charge in [-0.2, -0.15) is 0 Å². The molecule has 0 saturated heterocycles. The van der Waals surface area contributed by atoms with E-state index in [4.69, 9.17) is 16.6 Å². The highest BCUT2D eigenvalue weighted by molar-refractivity contribution is 7.97. The Hall–Kier alpha value is -2.61. The number of nitrogens with zero attached hydrogens (tertiary/aromatic N) is 6. The summed E-state index contributed by atoms with van der Waals surface area (Å²) in [6.45, 7) is 3.95. The Morgan fingerprint density at radius 1 is 1.06 bits per heavy atom. The zero-order chi connectivity index (χ0) is 22.1. The van der Waals surface area contributed by atoms with Gasteiger partial charge in [0.15, 0.2) is 11.5 Å². The second-order valence-corrected chi connectivity index (χ2v) is 9.08. The van der Waals surface area contributed by atoms with Crippen molar-refractivity contribution in [2.24, 2.45) is 0 Å². The smallest absolute Gasteiger partial charge is 0.179 e. The molecule has 0 aliphatic carbocycles. The number of aromatic nitrogens is 4. The molecule has 0 atom stereocenters. The number of hydrogen-bond acceptors (Lipinski definition) is 6. The van der Waals surface area contributed by atoms with Gasteiger partial charge in [-0.15, -0.1) is 0 Å². The van der Waals surface area contributed by atoms with E-state index in [1.807, 2.05) is 34.6 Å². The van der Waals surface area contributed by atoms with Gasteiger partial charge in [0.1, 0.15) is 5.69 Å². The first-order valence-corrected chi connectivity index (χ1v) is 12.2.